The minimum atomic E-state index is -0.591. The van der Waals surface area contributed by atoms with Crippen LogP contribution in [0.5, 0.6) is 0 Å². The highest BCUT2D eigenvalue weighted by Gasteiger charge is 2.30. The summed E-state index contributed by atoms with van der Waals surface area (Å²) < 4.78 is 5.05. The topological polar surface area (TPSA) is 79.3 Å². The first-order valence-electron chi connectivity index (χ1n) is 6.66. The van der Waals surface area contributed by atoms with Crippen molar-refractivity contribution >= 4 is 11.6 Å². The van der Waals surface area contributed by atoms with Gasteiger partial charge in [0.15, 0.2) is 5.82 Å². The number of hydrogen-bond donors (Lipinski definition) is 3. The largest absolute Gasteiger partial charge is 0.388 e. The van der Waals surface area contributed by atoms with Crippen molar-refractivity contribution in [3.8, 4) is 0 Å². The van der Waals surface area contributed by atoms with Crippen molar-refractivity contribution in [2.24, 2.45) is 0 Å². The van der Waals surface area contributed by atoms with Gasteiger partial charge in [-0.25, -0.2) is 9.97 Å². The van der Waals surface area contributed by atoms with Crippen LogP contribution in [0.3, 0.4) is 0 Å². The quantitative estimate of drug-likeness (QED) is 0.722. The van der Waals surface area contributed by atoms with Crippen molar-refractivity contribution in [3.63, 3.8) is 0 Å². The Morgan fingerprint density at radius 1 is 1.32 bits per heavy atom. The molecule has 0 spiro atoms. The number of aliphatic hydroxyl groups is 1. The van der Waals surface area contributed by atoms with Crippen molar-refractivity contribution < 1.29 is 9.84 Å². The number of anilines is 2. The van der Waals surface area contributed by atoms with Gasteiger partial charge in [0.1, 0.15) is 18.2 Å². The standard InChI is InChI=1S/C13H22N4O2/c1-14-10-7-11(17-12(16-10)8-19-2)15-9-13(18)5-3-4-6-13/h7,18H,3-6,8-9H2,1-2H3,(H2,14,15,16,17). The molecule has 1 heterocycles. The molecule has 0 atom stereocenters. The van der Waals surface area contributed by atoms with Gasteiger partial charge in [0, 0.05) is 26.8 Å². The third-order valence-electron chi connectivity index (χ3n) is 3.43. The molecule has 0 aliphatic heterocycles. The number of hydrogen-bond acceptors (Lipinski definition) is 6. The van der Waals surface area contributed by atoms with Crippen molar-refractivity contribution in [2.45, 2.75) is 37.9 Å². The van der Waals surface area contributed by atoms with Gasteiger partial charge in [-0.2, -0.15) is 0 Å². The van der Waals surface area contributed by atoms with Gasteiger partial charge in [-0.15, -0.1) is 0 Å². The Labute approximate surface area is 113 Å². The summed E-state index contributed by atoms with van der Waals surface area (Å²) in [6, 6.07) is 1.83. The molecule has 1 aromatic heterocycles. The maximum absolute atomic E-state index is 10.3. The molecule has 0 amide bonds. The molecular formula is C13H22N4O2. The Kier molecular flexibility index (Phi) is 4.55. The van der Waals surface area contributed by atoms with Gasteiger partial charge < -0.3 is 20.5 Å². The second-order valence-electron chi connectivity index (χ2n) is 5.02. The smallest absolute Gasteiger partial charge is 0.158 e. The Morgan fingerprint density at radius 3 is 2.63 bits per heavy atom. The molecule has 0 radical (unpaired) electrons. The SMILES string of the molecule is CNc1cc(NCC2(O)CCCC2)nc(COC)n1. The Morgan fingerprint density at radius 2 is 2.00 bits per heavy atom. The van der Waals surface area contributed by atoms with E-state index in [1.807, 2.05) is 13.1 Å². The summed E-state index contributed by atoms with van der Waals surface area (Å²) in [6.45, 7) is 0.897. The van der Waals surface area contributed by atoms with E-state index in [0.717, 1.165) is 31.5 Å². The van der Waals surface area contributed by atoms with Gasteiger partial charge in [-0.3, -0.25) is 0 Å². The maximum Gasteiger partial charge on any atom is 0.158 e. The summed E-state index contributed by atoms with van der Waals surface area (Å²) in [4.78, 5) is 8.65. The predicted octanol–water partition coefficient (Wildman–Crippen LogP) is 1.38. The molecule has 1 fully saturated rings. The number of ether oxygens (including phenoxy) is 1. The molecule has 19 heavy (non-hydrogen) atoms. The van der Waals surface area contributed by atoms with E-state index in [1.54, 1.807) is 7.11 Å². The average Bonchev–Trinajstić information content (AvgIpc) is 2.84. The van der Waals surface area contributed by atoms with Crippen LogP contribution in [0.2, 0.25) is 0 Å². The highest BCUT2D eigenvalue weighted by molar-refractivity contribution is 5.47. The first kappa shape index (κ1) is 14.0. The van der Waals surface area contributed by atoms with Crippen LogP contribution < -0.4 is 10.6 Å². The van der Waals surface area contributed by atoms with Crippen LogP contribution in [0.15, 0.2) is 6.07 Å². The van der Waals surface area contributed by atoms with Crippen LogP contribution in [0.25, 0.3) is 0 Å². The monoisotopic (exact) mass is 266 g/mol. The zero-order valence-corrected chi connectivity index (χ0v) is 11.6. The maximum atomic E-state index is 10.3. The van der Waals surface area contributed by atoms with Gasteiger partial charge in [0.2, 0.25) is 0 Å². The summed E-state index contributed by atoms with van der Waals surface area (Å²) in [5.41, 5.74) is -0.591. The molecule has 0 saturated heterocycles. The highest BCUT2D eigenvalue weighted by atomic mass is 16.5. The average molecular weight is 266 g/mol. The molecule has 0 bridgehead atoms. The molecule has 0 unspecified atom stereocenters. The van der Waals surface area contributed by atoms with Crippen molar-refractivity contribution in [1.82, 2.24) is 9.97 Å². The van der Waals surface area contributed by atoms with E-state index in [1.165, 1.54) is 0 Å². The Bertz CT molecular complexity index is 419. The molecule has 106 valence electrons. The summed E-state index contributed by atoms with van der Waals surface area (Å²) in [5, 5.41) is 16.5. The second kappa shape index (κ2) is 6.16. The number of aromatic nitrogens is 2. The van der Waals surface area contributed by atoms with Gasteiger partial charge in [0.25, 0.3) is 0 Å². The van der Waals surface area contributed by atoms with Gasteiger partial charge >= 0.3 is 0 Å². The van der Waals surface area contributed by atoms with Gasteiger partial charge in [0.05, 0.1) is 5.60 Å². The fraction of sp³-hybridized carbons (Fsp3) is 0.692. The fourth-order valence-electron chi connectivity index (χ4n) is 2.37. The molecule has 1 aromatic rings. The Hall–Kier alpha value is -1.40. The molecule has 3 N–H and O–H groups in total. The zero-order chi connectivity index (χ0) is 13.7. The van der Waals surface area contributed by atoms with Crippen molar-refractivity contribution in [2.75, 3.05) is 31.3 Å². The molecule has 1 aliphatic rings. The summed E-state index contributed by atoms with van der Waals surface area (Å²) >= 11 is 0. The second-order valence-corrected chi connectivity index (χ2v) is 5.02. The summed E-state index contributed by atoms with van der Waals surface area (Å²) in [7, 11) is 3.43. The lowest BCUT2D eigenvalue weighted by atomic mass is 10.0. The summed E-state index contributed by atoms with van der Waals surface area (Å²) in [5.74, 6) is 2.07. The van der Waals surface area contributed by atoms with E-state index >= 15 is 0 Å². The van der Waals surface area contributed by atoms with Crippen LogP contribution in [0.4, 0.5) is 11.6 Å². The van der Waals surface area contributed by atoms with E-state index < -0.39 is 5.60 Å². The zero-order valence-electron chi connectivity index (χ0n) is 11.6. The van der Waals surface area contributed by atoms with E-state index in [4.69, 9.17) is 4.74 Å². The normalized spacial score (nSPS) is 17.4. The Balaban J connectivity index is 2.04. The van der Waals surface area contributed by atoms with E-state index in [9.17, 15) is 5.11 Å². The lowest BCUT2D eigenvalue weighted by Gasteiger charge is -2.22. The molecule has 0 aromatic carbocycles. The van der Waals surface area contributed by atoms with Crippen molar-refractivity contribution in [3.05, 3.63) is 11.9 Å². The number of nitrogens with zero attached hydrogens (tertiary/aromatic N) is 2. The lowest BCUT2D eigenvalue weighted by molar-refractivity contribution is 0.0614. The van der Waals surface area contributed by atoms with E-state index in [0.29, 0.717) is 24.8 Å². The van der Waals surface area contributed by atoms with Crippen LogP contribution >= 0.6 is 0 Å². The minimum absolute atomic E-state index is 0.370. The highest BCUT2D eigenvalue weighted by Crippen LogP contribution is 2.29. The number of rotatable bonds is 6. The van der Waals surface area contributed by atoms with Crippen LogP contribution in [0, 0.1) is 0 Å². The van der Waals surface area contributed by atoms with Crippen LogP contribution in [-0.2, 0) is 11.3 Å². The first-order valence-corrected chi connectivity index (χ1v) is 6.66. The third-order valence-corrected chi connectivity index (χ3v) is 3.43. The van der Waals surface area contributed by atoms with E-state index in [-0.39, 0.29) is 0 Å². The third kappa shape index (κ3) is 3.78. The van der Waals surface area contributed by atoms with Crippen molar-refractivity contribution in [1.29, 1.82) is 0 Å². The first-order chi connectivity index (χ1) is 9.15. The molecule has 6 heteroatoms. The van der Waals surface area contributed by atoms with Crippen LogP contribution in [0.1, 0.15) is 31.5 Å². The molecule has 2 rings (SSSR count). The predicted molar refractivity (Wildman–Crippen MR) is 74.2 cm³/mol. The van der Waals surface area contributed by atoms with Gasteiger partial charge in [-0.05, 0) is 12.8 Å². The van der Waals surface area contributed by atoms with E-state index in [2.05, 4.69) is 20.6 Å². The summed E-state index contributed by atoms with van der Waals surface area (Å²) in [6.07, 6.45) is 3.90. The van der Waals surface area contributed by atoms with Crippen LogP contribution in [-0.4, -0.2) is 41.4 Å². The minimum Gasteiger partial charge on any atom is -0.388 e. The molecule has 6 nitrogen and oxygen atoms in total. The lowest BCUT2D eigenvalue weighted by Crippen LogP contribution is -2.33. The van der Waals surface area contributed by atoms with Gasteiger partial charge in [-0.1, -0.05) is 12.8 Å². The molecule has 1 saturated carbocycles. The molecule has 1 aliphatic carbocycles. The molecular weight excluding hydrogens is 244 g/mol. The fourth-order valence-corrected chi connectivity index (χ4v) is 2.37. The number of nitrogens with one attached hydrogen (secondary N) is 2. The number of methoxy groups -OCH3 is 1.